The van der Waals surface area contributed by atoms with Crippen molar-refractivity contribution >= 4 is 81.9 Å². The molecule has 0 atom stereocenters. The highest BCUT2D eigenvalue weighted by molar-refractivity contribution is 9.11. The summed E-state index contributed by atoms with van der Waals surface area (Å²) in [5, 5.41) is 22.2. The summed E-state index contributed by atoms with van der Waals surface area (Å²) >= 11 is 10.4. The maximum atomic E-state index is 8.58. The summed E-state index contributed by atoms with van der Waals surface area (Å²) in [6, 6.07) is 44.6. The molecule has 0 aromatic heterocycles. The second-order valence-corrected chi connectivity index (χ2v) is 11.2. The Morgan fingerprint density at radius 3 is 1.26 bits per heavy atom. The van der Waals surface area contributed by atoms with Crippen LogP contribution in [0.1, 0.15) is 0 Å². The van der Waals surface area contributed by atoms with Gasteiger partial charge in [0.25, 0.3) is 0 Å². The third kappa shape index (κ3) is 8.13. The molecule has 0 bridgehead atoms. The Hall–Kier alpha value is -2.74. The maximum Gasteiger partial charge on any atom is 0.488 e. The van der Waals surface area contributed by atoms with Crippen molar-refractivity contribution in [1.29, 1.82) is 0 Å². The zero-order valence-corrected chi connectivity index (χ0v) is 25.1. The van der Waals surface area contributed by atoms with Crippen LogP contribution >= 0.6 is 47.8 Å². The molecule has 0 spiro atoms. The third-order valence-corrected chi connectivity index (χ3v) is 7.25. The van der Waals surface area contributed by atoms with Crippen molar-refractivity contribution in [3.8, 4) is 11.1 Å². The highest BCUT2D eigenvalue weighted by atomic mass is 79.9. The summed E-state index contributed by atoms with van der Waals surface area (Å²) < 4.78 is 3.36. The van der Waals surface area contributed by atoms with E-state index in [2.05, 4.69) is 145 Å². The van der Waals surface area contributed by atoms with Gasteiger partial charge < -0.3 is 10.0 Å². The van der Waals surface area contributed by atoms with Gasteiger partial charge in [-0.15, -0.1) is 0 Å². The first-order valence-corrected chi connectivity index (χ1v) is 14.3. The topological polar surface area (TPSA) is 40.5 Å². The van der Waals surface area contributed by atoms with E-state index in [9.17, 15) is 0 Å². The van der Waals surface area contributed by atoms with Gasteiger partial charge in [0.2, 0.25) is 0 Å². The smallest absolute Gasteiger partial charge is 0.423 e. The van der Waals surface area contributed by atoms with E-state index in [1.165, 1.54) is 32.7 Å². The van der Waals surface area contributed by atoms with E-state index in [1.807, 2.05) is 12.1 Å². The van der Waals surface area contributed by atoms with Crippen LogP contribution in [-0.4, -0.2) is 17.2 Å². The van der Waals surface area contributed by atoms with Gasteiger partial charge in [0.05, 0.1) is 0 Å². The Morgan fingerprint density at radius 1 is 0.395 bits per heavy atom. The Labute approximate surface area is 248 Å². The summed E-state index contributed by atoms with van der Waals surface area (Å²) in [4.78, 5) is 0. The second kappa shape index (κ2) is 13.9. The predicted molar refractivity (Wildman–Crippen MR) is 173 cm³/mol. The minimum Gasteiger partial charge on any atom is -0.423 e. The van der Waals surface area contributed by atoms with E-state index in [0.29, 0.717) is 5.46 Å². The fourth-order valence-corrected chi connectivity index (χ4v) is 4.98. The molecule has 2 nitrogen and oxygen atoms in total. The lowest BCUT2D eigenvalue weighted by Crippen LogP contribution is -2.29. The standard InChI is InChI=1S/C16H11Br.C10H6Br2.C6H7BO2/c17-16-9-8-13-6-7-14(10-15(13)11-16)12-4-2-1-3-5-12;11-9-3-1-7-2-4-10(12)6-8(7)5-9;8-7(9)6-4-2-1-3-5-6/h1-11H;1-6H;1-5,8-9H. The molecule has 0 aliphatic carbocycles. The number of hydrogen-bond donors (Lipinski definition) is 2. The molecule has 6 heteroatoms. The fourth-order valence-electron chi connectivity index (χ4n) is 3.84. The van der Waals surface area contributed by atoms with Crippen LogP contribution in [0.4, 0.5) is 0 Å². The van der Waals surface area contributed by atoms with Gasteiger partial charge in [-0.1, -0.05) is 139 Å². The molecule has 0 fully saturated rings. The van der Waals surface area contributed by atoms with Gasteiger partial charge in [-0.3, -0.25) is 0 Å². The van der Waals surface area contributed by atoms with Crippen LogP contribution in [0.3, 0.4) is 0 Å². The molecule has 0 saturated carbocycles. The van der Waals surface area contributed by atoms with E-state index in [0.717, 1.165) is 13.4 Å². The normalized spacial score (nSPS) is 10.2. The van der Waals surface area contributed by atoms with Gasteiger partial charge in [-0.25, -0.2) is 0 Å². The van der Waals surface area contributed by atoms with E-state index < -0.39 is 7.12 Å². The van der Waals surface area contributed by atoms with Crippen LogP contribution in [0, 0.1) is 0 Å². The Kier molecular flexibility index (Phi) is 10.3. The molecule has 0 saturated heterocycles. The zero-order chi connectivity index (χ0) is 26.9. The van der Waals surface area contributed by atoms with Crippen LogP contribution in [-0.2, 0) is 0 Å². The average Bonchev–Trinajstić information content (AvgIpc) is 2.94. The van der Waals surface area contributed by atoms with Crippen LogP contribution < -0.4 is 5.46 Å². The van der Waals surface area contributed by atoms with E-state index in [1.54, 1.807) is 24.3 Å². The molecule has 0 unspecified atom stereocenters. The molecule has 6 aromatic rings. The molecule has 0 aliphatic rings. The van der Waals surface area contributed by atoms with Crippen molar-refractivity contribution in [2.45, 2.75) is 0 Å². The Bertz CT molecular complexity index is 1590. The Morgan fingerprint density at radius 2 is 0.816 bits per heavy atom. The minimum absolute atomic E-state index is 0.525. The molecule has 38 heavy (non-hydrogen) atoms. The third-order valence-electron chi connectivity index (χ3n) is 5.77. The van der Waals surface area contributed by atoms with Gasteiger partial charge in [-0.2, -0.15) is 0 Å². The average molecular weight is 691 g/mol. The lowest BCUT2D eigenvalue weighted by Gasteiger charge is -2.04. The molecular weight excluding hydrogens is 667 g/mol. The molecule has 6 rings (SSSR count). The molecule has 0 radical (unpaired) electrons. The zero-order valence-electron chi connectivity index (χ0n) is 20.3. The summed E-state index contributed by atoms with van der Waals surface area (Å²) in [7, 11) is -1.34. The first-order valence-electron chi connectivity index (χ1n) is 11.9. The lowest BCUT2D eigenvalue weighted by molar-refractivity contribution is 0.426. The number of rotatable bonds is 2. The monoisotopic (exact) mass is 688 g/mol. The summed E-state index contributed by atoms with van der Waals surface area (Å²) in [6.07, 6.45) is 0. The maximum absolute atomic E-state index is 8.58. The largest absolute Gasteiger partial charge is 0.488 e. The van der Waals surface area contributed by atoms with Crippen molar-refractivity contribution in [3.05, 3.63) is 147 Å². The van der Waals surface area contributed by atoms with Crippen molar-refractivity contribution in [2.75, 3.05) is 0 Å². The van der Waals surface area contributed by atoms with Crippen molar-refractivity contribution < 1.29 is 10.0 Å². The number of benzene rings is 6. The number of fused-ring (bicyclic) bond motifs is 2. The molecule has 0 aliphatic heterocycles. The van der Waals surface area contributed by atoms with Gasteiger partial charge in [-0.05, 0) is 80.6 Å². The van der Waals surface area contributed by atoms with E-state index >= 15 is 0 Å². The van der Waals surface area contributed by atoms with Gasteiger partial charge in [0, 0.05) is 13.4 Å². The highest BCUT2D eigenvalue weighted by Crippen LogP contribution is 2.26. The van der Waals surface area contributed by atoms with Crippen molar-refractivity contribution in [3.63, 3.8) is 0 Å². The summed E-state index contributed by atoms with van der Waals surface area (Å²) in [5.41, 5.74) is 3.04. The number of hydrogen-bond acceptors (Lipinski definition) is 2. The molecule has 0 amide bonds. The predicted octanol–water partition coefficient (Wildman–Crippen LogP) is 9.00. The van der Waals surface area contributed by atoms with Crippen LogP contribution in [0.15, 0.2) is 147 Å². The second-order valence-electron chi connectivity index (χ2n) is 8.49. The minimum atomic E-state index is -1.34. The molecule has 188 valence electrons. The highest BCUT2D eigenvalue weighted by Gasteiger charge is 2.07. The first-order chi connectivity index (χ1) is 18.4. The first kappa shape index (κ1) is 28.3. The molecule has 0 heterocycles. The summed E-state index contributed by atoms with van der Waals surface area (Å²) in [6.45, 7) is 0. The van der Waals surface area contributed by atoms with E-state index in [-0.39, 0.29) is 0 Å². The summed E-state index contributed by atoms with van der Waals surface area (Å²) in [5.74, 6) is 0. The fraction of sp³-hybridized carbons (Fsp3) is 0. The van der Waals surface area contributed by atoms with Gasteiger partial charge >= 0.3 is 7.12 Å². The van der Waals surface area contributed by atoms with Crippen LogP contribution in [0.5, 0.6) is 0 Å². The van der Waals surface area contributed by atoms with Gasteiger partial charge in [0.15, 0.2) is 0 Å². The lowest BCUT2D eigenvalue weighted by atomic mass is 9.81. The molecular formula is C32H24BBr3O2. The van der Waals surface area contributed by atoms with Crippen LogP contribution in [0.2, 0.25) is 0 Å². The number of halogens is 3. The van der Waals surface area contributed by atoms with Crippen molar-refractivity contribution in [1.82, 2.24) is 0 Å². The molecule has 6 aromatic carbocycles. The van der Waals surface area contributed by atoms with Crippen molar-refractivity contribution in [2.24, 2.45) is 0 Å². The molecule has 2 N–H and O–H groups in total. The van der Waals surface area contributed by atoms with Gasteiger partial charge in [0.1, 0.15) is 0 Å². The quantitative estimate of drug-likeness (QED) is 0.178. The Balaban J connectivity index is 0.000000141. The van der Waals surface area contributed by atoms with E-state index in [4.69, 9.17) is 10.0 Å². The van der Waals surface area contributed by atoms with Crippen LogP contribution in [0.25, 0.3) is 32.7 Å². The SMILES string of the molecule is Brc1ccc2ccc(-c3ccccc3)cc2c1.Brc1ccc2ccc(Br)cc2c1.OB(O)c1ccccc1.